The van der Waals surface area contributed by atoms with Crippen LogP contribution in [0.5, 0.6) is 11.5 Å². The number of hydrogen-bond acceptors (Lipinski definition) is 3. The summed E-state index contributed by atoms with van der Waals surface area (Å²) in [5, 5.41) is 3.47. The van der Waals surface area contributed by atoms with Crippen molar-refractivity contribution in [2.75, 3.05) is 20.8 Å². The molecule has 116 valence electrons. The van der Waals surface area contributed by atoms with Crippen LogP contribution in [0, 0.1) is 0 Å². The molecule has 0 unspecified atom stereocenters. The molecule has 0 aliphatic rings. The molecule has 1 N–H and O–H groups in total. The number of rotatable bonds is 10. The summed E-state index contributed by atoms with van der Waals surface area (Å²) in [5.41, 5.74) is 1.15. The van der Waals surface area contributed by atoms with Gasteiger partial charge >= 0.3 is 0 Å². The minimum Gasteiger partial charge on any atom is -0.493 e. The first kappa shape index (κ1) is 19.1. The maximum absolute atomic E-state index is 5.41. The Hall–Kier alpha value is -0.930. The van der Waals surface area contributed by atoms with E-state index in [-0.39, 0.29) is 12.4 Å². The van der Waals surface area contributed by atoms with Gasteiger partial charge in [-0.3, -0.25) is 0 Å². The molecule has 0 atom stereocenters. The van der Waals surface area contributed by atoms with E-state index in [9.17, 15) is 0 Å². The molecule has 0 heterocycles. The van der Waals surface area contributed by atoms with Gasteiger partial charge in [-0.1, -0.05) is 44.7 Å². The second-order valence-corrected chi connectivity index (χ2v) is 4.74. The number of ether oxygens (including phenoxy) is 2. The lowest BCUT2D eigenvalue weighted by Gasteiger charge is -2.13. The van der Waals surface area contributed by atoms with Crippen molar-refractivity contribution < 1.29 is 9.47 Å². The Morgan fingerprint density at radius 3 is 2.40 bits per heavy atom. The lowest BCUT2D eigenvalue weighted by Crippen LogP contribution is -2.15. The third-order valence-electron chi connectivity index (χ3n) is 3.26. The van der Waals surface area contributed by atoms with Gasteiger partial charge in [0.1, 0.15) is 0 Å². The van der Waals surface area contributed by atoms with Crippen LogP contribution in [-0.2, 0) is 6.54 Å². The number of benzene rings is 1. The average Bonchev–Trinajstić information content (AvgIpc) is 2.45. The summed E-state index contributed by atoms with van der Waals surface area (Å²) in [6, 6.07) is 6.00. The first-order valence-electron chi connectivity index (χ1n) is 7.24. The van der Waals surface area contributed by atoms with Crippen molar-refractivity contribution in [1.29, 1.82) is 0 Å². The molecule has 1 aromatic carbocycles. The normalized spacial score (nSPS) is 9.95. The van der Waals surface area contributed by atoms with Crippen LogP contribution in [0.2, 0.25) is 0 Å². The lowest BCUT2D eigenvalue weighted by atomic mass is 10.1. The third-order valence-corrected chi connectivity index (χ3v) is 3.26. The summed E-state index contributed by atoms with van der Waals surface area (Å²) in [5.74, 6) is 1.63. The summed E-state index contributed by atoms with van der Waals surface area (Å²) < 4.78 is 10.7. The van der Waals surface area contributed by atoms with E-state index in [4.69, 9.17) is 9.47 Å². The predicted molar refractivity (Wildman–Crippen MR) is 87.3 cm³/mol. The van der Waals surface area contributed by atoms with Gasteiger partial charge in [-0.25, -0.2) is 0 Å². The van der Waals surface area contributed by atoms with Crippen LogP contribution in [0.25, 0.3) is 0 Å². The van der Waals surface area contributed by atoms with Crippen molar-refractivity contribution in [1.82, 2.24) is 5.32 Å². The molecule has 0 amide bonds. The Morgan fingerprint density at radius 2 is 1.75 bits per heavy atom. The van der Waals surface area contributed by atoms with Crippen LogP contribution in [-0.4, -0.2) is 20.8 Å². The summed E-state index contributed by atoms with van der Waals surface area (Å²) in [6.45, 7) is 4.13. The van der Waals surface area contributed by atoms with Crippen molar-refractivity contribution in [3.63, 3.8) is 0 Å². The summed E-state index contributed by atoms with van der Waals surface area (Å²) in [6.07, 6.45) is 6.56. The minimum absolute atomic E-state index is 0. The van der Waals surface area contributed by atoms with Gasteiger partial charge in [0.15, 0.2) is 11.5 Å². The largest absolute Gasteiger partial charge is 0.493 e. The highest BCUT2D eigenvalue weighted by Gasteiger charge is 2.08. The third kappa shape index (κ3) is 6.49. The van der Waals surface area contributed by atoms with E-state index in [1.54, 1.807) is 14.2 Å². The highest BCUT2D eigenvalue weighted by molar-refractivity contribution is 5.85. The van der Waals surface area contributed by atoms with Crippen molar-refractivity contribution in [3.8, 4) is 11.5 Å². The van der Waals surface area contributed by atoms with Gasteiger partial charge in [-0.15, -0.1) is 12.4 Å². The molecule has 0 saturated heterocycles. The van der Waals surface area contributed by atoms with Crippen LogP contribution in [0.1, 0.15) is 44.6 Å². The fraction of sp³-hybridized carbons (Fsp3) is 0.625. The maximum atomic E-state index is 5.41. The number of halogens is 1. The van der Waals surface area contributed by atoms with Crippen LogP contribution < -0.4 is 14.8 Å². The molecule has 0 aliphatic carbocycles. The van der Waals surface area contributed by atoms with Gasteiger partial charge in [-0.2, -0.15) is 0 Å². The van der Waals surface area contributed by atoms with E-state index < -0.39 is 0 Å². The number of para-hydroxylation sites is 1. The Kier molecular flexibility index (Phi) is 11.3. The first-order valence-corrected chi connectivity index (χ1v) is 7.24. The fourth-order valence-corrected chi connectivity index (χ4v) is 2.17. The molecule has 0 radical (unpaired) electrons. The number of nitrogens with one attached hydrogen (secondary N) is 1. The molecular weight excluding hydrogens is 274 g/mol. The second kappa shape index (κ2) is 11.9. The SMILES string of the molecule is CCCCCCCNCc1cccc(OC)c1OC.Cl. The molecule has 0 spiro atoms. The standard InChI is InChI=1S/C16H27NO2.ClH/c1-4-5-6-7-8-12-17-13-14-10-9-11-15(18-2)16(14)19-3;/h9-11,17H,4-8,12-13H2,1-3H3;1H. The van der Waals surface area contributed by atoms with Crippen LogP contribution in [0.4, 0.5) is 0 Å². The zero-order chi connectivity index (χ0) is 13.9. The van der Waals surface area contributed by atoms with Crippen molar-refractivity contribution in [3.05, 3.63) is 23.8 Å². The Balaban J connectivity index is 0.00000361. The molecule has 0 saturated carbocycles. The molecule has 3 nitrogen and oxygen atoms in total. The summed E-state index contributed by atoms with van der Waals surface area (Å²) in [7, 11) is 3.36. The summed E-state index contributed by atoms with van der Waals surface area (Å²) >= 11 is 0. The highest BCUT2D eigenvalue weighted by atomic mass is 35.5. The van der Waals surface area contributed by atoms with Gasteiger partial charge in [0.05, 0.1) is 14.2 Å². The topological polar surface area (TPSA) is 30.5 Å². The Bertz CT molecular complexity index is 358. The molecule has 1 aromatic rings. The van der Waals surface area contributed by atoms with Crippen LogP contribution >= 0.6 is 12.4 Å². The van der Waals surface area contributed by atoms with E-state index >= 15 is 0 Å². The van der Waals surface area contributed by atoms with Crippen molar-refractivity contribution in [2.24, 2.45) is 0 Å². The molecule has 4 heteroatoms. The van der Waals surface area contributed by atoms with Crippen molar-refractivity contribution >= 4 is 12.4 Å². The van der Waals surface area contributed by atoms with Crippen molar-refractivity contribution in [2.45, 2.75) is 45.6 Å². The van der Waals surface area contributed by atoms with Crippen LogP contribution in [0.15, 0.2) is 18.2 Å². The first-order chi connectivity index (χ1) is 9.33. The van der Waals surface area contributed by atoms with E-state index in [0.717, 1.165) is 30.2 Å². The quantitative estimate of drug-likeness (QED) is 0.657. The average molecular weight is 302 g/mol. The molecule has 20 heavy (non-hydrogen) atoms. The second-order valence-electron chi connectivity index (χ2n) is 4.74. The predicted octanol–water partition coefficient (Wildman–Crippen LogP) is 4.19. The molecule has 0 fully saturated rings. The van der Waals surface area contributed by atoms with E-state index in [2.05, 4.69) is 18.3 Å². The maximum Gasteiger partial charge on any atom is 0.165 e. The molecule has 0 aromatic heterocycles. The monoisotopic (exact) mass is 301 g/mol. The zero-order valence-corrected chi connectivity index (χ0v) is 13.7. The Morgan fingerprint density at radius 1 is 1.00 bits per heavy atom. The lowest BCUT2D eigenvalue weighted by molar-refractivity contribution is 0.350. The van der Waals surface area contributed by atoms with E-state index in [0.29, 0.717) is 0 Å². The Labute approximate surface area is 129 Å². The minimum atomic E-state index is 0. The summed E-state index contributed by atoms with van der Waals surface area (Å²) in [4.78, 5) is 0. The van der Waals surface area contributed by atoms with Gasteiger partial charge in [0, 0.05) is 12.1 Å². The van der Waals surface area contributed by atoms with E-state index in [1.165, 1.54) is 32.1 Å². The van der Waals surface area contributed by atoms with E-state index in [1.807, 2.05) is 12.1 Å². The highest BCUT2D eigenvalue weighted by Crippen LogP contribution is 2.30. The molecular formula is C16H28ClNO2. The van der Waals surface area contributed by atoms with Crippen LogP contribution in [0.3, 0.4) is 0 Å². The molecule has 0 aliphatic heterocycles. The smallest absolute Gasteiger partial charge is 0.165 e. The number of methoxy groups -OCH3 is 2. The fourth-order valence-electron chi connectivity index (χ4n) is 2.17. The molecule has 0 bridgehead atoms. The molecule has 1 rings (SSSR count). The number of unbranched alkanes of at least 4 members (excludes halogenated alkanes) is 4. The van der Waals surface area contributed by atoms with Gasteiger partial charge in [-0.05, 0) is 19.0 Å². The van der Waals surface area contributed by atoms with Gasteiger partial charge in [0.2, 0.25) is 0 Å². The van der Waals surface area contributed by atoms with Gasteiger partial charge in [0.25, 0.3) is 0 Å². The number of hydrogen-bond donors (Lipinski definition) is 1. The van der Waals surface area contributed by atoms with Gasteiger partial charge < -0.3 is 14.8 Å². The zero-order valence-electron chi connectivity index (χ0n) is 12.9.